The third kappa shape index (κ3) is 4.15. The molecule has 0 aliphatic heterocycles. The Morgan fingerprint density at radius 1 is 1.33 bits per heavy atom. The van der Waals surface area contributed by atoms with E-state index in [9.17, 15) is 4.79 Å². The summed E-state index contributed by atoms with van der Waals surface area (Å²) in [5, 5.41) is 8.27. The van der Waals surface area contributed by atoms with Crippen molar-refractivity contribution in [1.82, 2.24) is 9.80 Å². The van der Waals surface area contributed by atoms with Crippen molar-refractivity contribution >= 4 is 6.16 Å². The first-order valence-electron chi connectivity index (χ1n) is 3.63. The van der Waals surface area contributed by atoms with Crippen LogP contribution < -0.4 is 0 Å². The lowest BCUT2D eigenvalue weighted by molar-refractivity contribution is 0.0251. The van der Waals surface area contributed by atoms with Gasteiger partial charge in [-0.05, 0) is 28.2 Å². The predicted octanol–water partition coefficient (Wildman–Crippen LogP) is 0.130. The molecule has 0 amide bonds. The number of nitrogens with zero attached hydrogens (tertiary/aromatic N) is 2. The van der Waals surface area contributed by atoms with Crippen LogP contribution in [0.1, 0.15) is 0 Å². The molecule has 5 nitrogen and oxygen atoms in total. The molecule has 0 radical (unpaired) electrons. The molecule has 1 N–H and O–H groups in total. The lowest BCUT2D eigenvalue weighted by Crippen LogP contribution is -2.44. The summed E-state index contributed by atoms with van der Waals surface area (Å²) in [5.41, 5.74) is 0. The molecule has 0 bridgehead atoms. The van der Waals surface area contributed by atoms with Crippen LogP contribution in [0.2, 0.25) is 0 Å². The second kappa shape index (κ2) is 4.95. The van der Waals surface area contributed by atoms with Gasteiger partial charge in [-0.15, -0.1) is 0 Å². The van der Waals surface area contributed by atoms with Crippen molar-refractivity contribution in [3.05, 3.63) is 0 Å². The van der Waals surface area contributed by atoms with Crippen LogP contribution in [0, 0.1) is 0 Å². The Morgan fingerprint density at radius 2 is 1.75 bits per heavy atom. The molecule has 0 rings (SSSR count). The third-order valence-electron chi connectivity index (χ3n) is 1.55. The van der Waals surface area contributed by atoms with Gasteiger partial charge in [0, 0.05) is 0 Å². The summed E-state index contributed by atoms with van der Waals surface area (Å²) >= 11 is 0. The number of carboxylic acid groups (broad SMARTS) is 1. The zero-order valence-corrected chi connectivity index (χ0v) is 7.94. The summed E-state index contributed by atoms with van der Waals surface area (Å²) in [6.45, 7) is 0.162. The molecule has 0 aromatic carbocycles. The molecular formula is C7H16N2O3. The normalized spacial score (nSPS) is 11.2. The minimum absolute atomic E-state index is 0.0129. The van der Waals surface area contributed by atoms with Gasteiger partial charge >= 0.3 is 6.16 Å². The average Bonchev–Trinajstić information content (AvgIpc) is 1.84. The van der Waals surface area contributed by atoms with Gasteiger partial charge in [0.2, 0.25) is 0 Å². The fraction of sp³-hybridized carbons (Fsp3) is 0.857. The number of hydrogen-bond acceptors (Lipinski definition) is 4. The van der Waals surface area contributed by atoms with Crippen LogP contribution >= 0.6 is 0 Å². The molecule has 0 aromatic heterocycles. The first-order valence-corrected chi connectivity index (χ1v) is 3.63. The Morgan fingerprint density at radius 3 is 2.00 bits per heavy atom. The molecule has 0 saturated heterocycles. The molecule has 0 fully saturated rings. The summed E-state index contributed by atoms with van der Waals surface area (Å²) in [6, 6.07) is 0. The largest absolute Gasteiger partial charge is 0.505 e. The highest BCUT2D eigenvalue weighted by molar-refractivity contribution is 5.56. The van der Waals surface area contributed by atoms with Gasteiger partial charge in [-0.1, -0.05) is 0 Å². The molecule has 72 valence electrons. The van der Waals surface area contributed by atoms with Crippen LogP contribution in [0.15, 0.2) is 0 Å². The summed E-state index contributed by atoms with van der Waals surface area (Å²) in [4.78, 5) is 13.9. The first kappa shape index (κ1) is 11.2. The Kier molecular flexibility index (Phi) is 4.61. The van der Waals surface area contributed by atoms with Crippen molar-refractivity contribution in [2.75, 3.05) is 34.8 Å². The van der Waals surface area contributed by atoms with Gasteiger partial charge in [0.05, 0.1) is 6.17 Å². The van der Waals surface area contributed by atoms with Gasteiger partial charge < -0.3 is 9.84 Å². The Bertz CT molecular complexity index is 140. The zero-order chi connectivity index (χ0) is 9.72. The molecule has 12 heavy (non-hydrogen) atoms. The molecule has 5 heteroatoms. The SMILES string of the molecule is CN(C)C(COC(=O)O)N(C)C. The highest BCUT2D eigenvalue weighted by Crippen LogP contribution is 1.97. The highest BCUT2D eigenvalue weighted by atomic mass is 16.7. The van der Waals surface area contributed by atoms with Crippen LogP contribution in [-0.4, -0.2) is 62.0 Å². The van der Waals surface area contributed by atoms with E-state index in [0.717, 1.165) is 0 Å². The molecule has 0 saturated carbocycles. The lowest BCUT2D eigenvalue weighted by atomic mass is 10.4. The standard InChI is InChI=1S/C7H16N2O3/c1-8(2)6(9(3)4)5-12-7(10)11/h6H,5H2,1-4H3,(H,10,11). The molecule has 0 aromatic rings. The van der Waals surface area contributed by atoms with Gasteiger partial charge in [-0.2, -0.15) is 0 Å². The quantitative estimate of drug-likeness (QED) is 0.487. The van der Waals surface area contributed by atoms with Gasteiger partial charge in [0.1, 0.15) is 6.61 Å². The lowest BCUT2D eigenvalue weighted by Gasteiger charge is -2.29. The minimum atomic E-state index is -1.23. The van der Waals surface area contributed by atoms with Gasteiger partial charge in [0.25, 0.3) is 0 Å². The highest BCUT2D eigenvalue weighted by Gasteiger charge is 2.15. The summed E-state index contributed by atoms with van der Waals surface area (Å²) < 4.78 is 4.46. The third-order valence-corrected chi connectivity index (χ3v) is 1.55. The maximum atomic E-state index is 10.1. The van der Waals surface area contributed by atoms with Gasteiger partial charge in [-0.3, -0.25) is 9.80 Å². The van der Waals surface area contributed by atoms with E-state index in [1.165, 1.54) is 0 Å². The summed E-state index contributed by atoms with van der Waals surface area (Å²) in [6.07, 6.45) is -1.25. The first-order chi connectivity index (χ1) is 5.45. The van der Waals surface area contributed by atoms with Crippen LogP contribution in [0.5, 0.6) is 0 Å². The Balaban J connectivity index is 3.88. The number of carbonyl (C=O) groups is 1. The average molecular weight is 176 g/mol. The van der Waals surface area contributed by atoms with Crippen molar-refractivity contribution in [2.45, 2.75) is 6.17 Å². The van der Waals surface area contributed by atoms with Crippen LogP contribution in [0.25, 0.3) is 0 Å². The van der Waals surface area contributed by atoms with Crippen molar-refractivity contribution in [3.8, 4) is 0 Å². The van der Waals surface area contributed by atoms with Crippen LogP contribution in [0.3, 0.4) is 0 Å². The van der Waals surface area contributed by atoms with E-state index in [1.54, 1.807) is 0 Å². The van der Waals surface area contributed by atoms with Gasteiger partial charge in [0.15, 0.2) is 0 Å². The van der Waals surface area contributed by atoms with Crippen LogP contribution in [0.4, 0.5) is 4.79 Å². The van der Waals surface area contributed by atoms with E-state index in [4.69, 9.17) is 5.11 Å². The summed E-state index contributed by atoms with van der Waals surface area (Å²) in [5.74, 6) is 0. The number of ether oxygens (including phenoxy) is 1. The van der Waals surface area contributed by atoms with E-state index in [2.05, 4.69) is 4.74 Å². The predicted molar refractivity (Wildman–Crippen MR) is 45.1 cm³/mol. The number of hydrogen-bond donors (Lipinski definition) is 1. The van der Waals surface area contributed by atoms with Crippen molar-refractivity contribution in [3.63, 3.8) is 0 Å². The molecule has 0 atom stereocenters. The van der Waals surface area contributed by atoms with Gasteiger partial charge in [-0.25, -0.2) is 4.79 Å². The van der Waals surface area contributed by atoms with E-state index in [-0.39, 0.29) is 12.8 Å². The summed E-state index contributed by atoms with van der Waals surface area (Å²) in [7, 11) is 7.48. The van der Waals surface area contributed by atoms with E-state index >= 15 is 0 Å². The molecule has 0 unspecified atom stereocenters. The van der Waals surface area contributed by atoms with E-state index < -0.39 is 6.16 Å². The molecule has 0 heterocycles. The van der Waals surface area contributed by atoms with Crippen molar-refractivity contribution in [1.29, 1.82) is 0 Å². The molecule has 0 aliphatic rings. The molecular weight excluding hydrogens is 160 g/mol. The number of rotatable bonds is 4. The zero-order valence-electron chi connectivity index (χ0n) is 7.94. The topological polar surface area (TPSA) is 53.0 Å². The smallest absolute Gasteiger partial charge is 0.450 e. The molecule has 0 spiro atoms. The fourth-order valence-electron chi connectivity index (χ4n) is 0.906. The maximum Gasteiger partial charge on any atom is 0.505 e. The second-order valence-electron chi connectivity index (χ2n) is 2.98. The fourth-order valence-corrected chi connectivity index (χ4v) is 0.906. The minimum Gasteiger partial charge on any atom is -0.450 e. The second-order valence-corrected chi connectivity index (χ2v) is 2.98. The molecule has 0 aliphatic carbocycles. The van der Waals surface area contributed by atoms with Crippen molar-refractivity contribution in [2.24, 2.45) is 0 Å². The van der Waals surface area contributed by atoms with E-state index in [0.29, 0.717) is 0 Å². The maximum absolute atomic E-state index is 10.1. The Hall–Kier alpha value is -0.810. The monoisotopic (exact) mass is 176 g/mol. The Labute approximate surface area is 72.5 Å². The van der Waals surface area contributed by atoms with E-state index in [1.807, 2.05) is 38.0 Å². The number of likely N-dealkylation sites (N-methyl/N-ethyl adjacent to an activating group) is 2. The van der Waals surface area contributed by atoms with Crippen molar-refractivity contribution < 1.29 is 14.6 Å². The van der Waals surface area contributed by atoms with Crippen LogP contribution in [-0.2, 0) is 4.74 Å².